The second kappa shape index (κ2) is 8.85. The van der Waals surface area contributed by atoms with Gasteiger partial charge in [-0.05, 0) is 86.5 Å². The molecule has 0 unspecified atom stereocenters. The van der Waals surface area contributed by atoms with Gasteiger partial charge in [-0.25, -0.2) is 4.98 Å². The Morgan fingerprint density at radius 1 is 1.08 bits per heavy atom. The first-order valence-corrected chi connectivity index (χ1v) is 12.9. The largest absolute Gasteiger partial charge is 0.354 e. The molecular weight excluding hydrogens is 448 g/mol. The third-order valence-electron chi connectivity index (χ3n) is 7.66. The minimum absolute atomic E-state index is 0.398. The molecule has 1 fully saturated rings. The molecular formula is C28H34N8. The van der Waals surface area contributed by atoms with Gasteiger partial charge in [0.25, 0.3) is 0 Å². The van der Waals surface area contributed by atoms with Gasteiger partial charge in [0.1, 0.15) is 12.2 Å². The van der Waals surface area contributed by atoms with E-state index in [1.54, 1.807) is 11.0 Å². The third-order valence-corrected chi connectivity index (χ3v) is 7.66. The Hall–Kier alpha value is -3.52. The van der Waals surface area contributed by atoms with Gasteiger partial charge in [0.2, 0.25) is 0 Å². The molecule has 4 aromatic heterocycles. The molecule has 5 heterocycles. The minimum Gasteiger partial charge on any atom is -0.354 e. The minimum atomic E-state index is 0.398. The number of aryl methyl sites for hydroxylation is 3. The summed E-state index contributed by atoms with van der Waals surface area (Å²) in [5.74, 6) is 2.80. The van der Waals surface area contributed by atoms with Gasteiger partial charge in [-0.15, -0.1) is 10.2 Å². The lowest BCUT2D eigenvalue weighted by atomic mass is 9.87. The van der Waals surface area contributed by atoms with Crippen LogP contribution in [-0.4, -0.2) is 52.3 Å². The first kappa shape index (κ1) is 22.9. The number of piperidine rings is 1. The van der Waals surface area contributed by atoms with Gasteiger partial charge in [-0.3, -0.25) is 14.0 Å². The van der Waals surface area contributed by atoms with Crippen molar-refractivity contribution in [3.05, 3.63) is 65.1 Å². The summed E-state index contributed by atoms with van der Waals surface area (Å²) >= 11 is 0. The maximum absolute atomic E-state index is 4.45. The van der Waals surface area contributed by atoms with Crippen molar-refractivity contribution >= 4 is 16.6 Å². The number of aromatic amines is 1. The van der Waals surface area contributed by atoms with Crippen molar-refractivity contribution in [3.8, 4) is 11.3 Å². The van der Waals surface area contributed by atoms with E-state index in [0.717, 1.165) is 55.3 Å². The van der Waals surface area contributed by atoms with E-state index < -0.39 is 0 Å². The third kappa shape index (κ3) is 3.99. The number of nitrogens with one attached hydrogen (secondary N) is 1. The molecule has 1 aliphatic heterocycles. The Morgan fingerprint density at radius 3 is 2.61 bits per heavy atom. The highest BCUT2D eigenvalue weighted by Crippen LogP contribution is 2.38. The van der Waals surface area contributed by atoms with Gasteiger partial charge in [0, 0.05) is 29.7 Å². The summed E-state index contributed by atoms with van der Waals surface area (Å²) < 4.78 is 3.88. The monoisotopic (exact) mass is 482 g/mol. The van der Waals surface area contributed by atoms with Crippen LogP contribution in [0.3, 0.4) is 0 Å². The van der Waals surface area contributed by atoms with Crippen LogP contribution in [0.1, 0.15) is 66.9 Å². The molecule has 186 valence electrons. The van der Waals surface area contributed by atoms with E-state index >= 15 is 0 Å². The van der Waals surface area contributed by atoms with Crippen LogP contribution in [-0.2, 0) is 13.6 Å². The molecule has 0 bridgehead atoms. The lowest BCUT2D eigenvalue weighted by Crippen LogP contribution is -2.32. The standard InChI is InChI=1S/C28H34N8/c1-17(2)26-23-13-21(20-8-10-35(11-9-20)15-25-29-16-34(5)33-25)6-7-24(23)30-27(26)22-12-18(3)28-32-31-19(4)36(28)14-22/h6-7,12-14,16-17,20,30H,8-11,15H2,1-5H3. The van der Waals surface area contributed by atoms with E-state index in [0.29, 0.717) is 11.8 Å². The molecule has 0 radical (unpaired) electrons. The van der Waals surface area contributed by atoms with Crippen molar-refractivity contribution in [2.75, 3.05) is 13.1 Å². The summed E-state index contributed by atoms with van der Waals surface area (Å²) in [7, 11) is 1.92. The highest BCUT2D eigenvalue weighted by Gasteiger charge is 2.24. The summed E-state index contributed by atoms with van der Waals surface area (Å²) in [6.07, 6.45) is 6.27. The van der Waals surface area contributed by atoms with Crippen LogP contribution in [0.25, 0.3) is 27.8 Å². The Kier molecular flexibility index (Phi) is 5.63. The molecule has 1 saturated heterocycles. The zero-order valence-corrected chi connectivity index (χ0v) is 21.8. The predicted molar refractivity (Wildman–Crippen MR) is 142 cm³/mol. The van der Waals surface area contributed by atoms with Gasteiger partial charge in [0.15, 0.2) is 11.5 Å². The van der Waals surface area contributed by atoms with Crippen molar-refractivity contribution in [2.45, 2.75) is 58.9 Å². The zero-order chi connectivity index (χ0) is 25.0. The van der Waals surface area contributed by atoms with E-state index in [1.807, 2.05) is 14.0 Å². The molecule has 8 heteroatoms. The number of likely N-dealkylation sites (tertiary alicyclic amines) is 1. The maximum atomic E-state index is 4.45. The van der Waals surface area contributed by atoms with E-state index in [4.69, 9.17) is 0 Å². The summed E-state index contributed by atoms with van der Waals surface area (Å²) in [5, 5.41) is 14.4. The normalized spacial score (nSPS) is 15.6. The van der Waals surface area contributed by atoms with Crippen LogP contribution in [0, 0.1) is 13.8 Å². The number of rotatable bonds is 5. The molecule has 0 spiro atoms. The quantitative estimate of drug-likeness (QED) is 0.376. The van der Waals surface area contributed by atoms with Gasteiger partial charge >= 0.3 is 0 Å². The van der Waals surface area contributed by atoms with Gasteiger partial charge < -0.3 is 4.98 Å². The van der Waals surface area contributed by atoms with Crippen LogP contribution in [0.15, 0.2) is 36.8 Å². The molecule has 0 amide bonds. The summed E-state index contributed by atoms with van der Waals surface area (Å²) in [5.41, 5.74) is 8.48. The van der Waals surface area contributed by atoms with E-state index in [9.17, 15) is 0 Å². The van der Waals surface area contributed by atoms with Crippen LogP contribution < -0.4 is 0 Å². The number of aromatic nitrogens is 7. The van der Waals surface area contributed by atoms with Crippen molar-refractivity contribution in [3.63, 3.8) is 0 Å². The molecule has 6 rings (SSSR count). The van der Waals surface area contributed by atoms with Crippen LogP contribution >= 0.6 is 0 Å². The van der Waals surface area contributed by atoms with Gasteiger partial charge in [-0.2, -0.15) is 5.10 Å². The molecule has 0 saturated carbocycles. The molecule has 0 aliphatic carbocycles. The molecule has 5 aromatic rings. The smallest absolute Gasteiger partial charge is 0.164 e. The Morgan fingerprint density at radius 2 is 1.89 bits per heavy atom. The number of benzene rings is 1. The number of pyridine rings is 1. The van der Waals surface area contributed by atoms with Crippen LogP contribution in [0.5, 0.6) is 0 Å². The average Bonchev–Trinajstić information content (AvgIpc) is 3.56. The topological polar surface area (TPSA) is 79.9 Å². The van der Waals surface area contributed by atoms with Crippen LogP contribution in [0.4, 0.5) is 0 Å². The highest BCUT2D eigenvalue weighted by atomic mass is 15.3. The fraction of sp³-hybridized carbons (Fsp3) is 0.429. The fourth-order valence-corrected chi connectivity index (χ4v) is 5.80. The molecule has 1 N–H and O–H groups in total. The first-order valence-electron chi connectivity index (χ1n) is 12.9. The summed E-state index contributed by atoms with van der Waals surface area (Å²) in [4.78, 5) is 10.6. The van der Waals surface area contributed by atoms with Gasteiger partial charge in [-0.1, -0.05) is 19.9 Å². The molecule has 0 atom stereocenters. The second-order valence-electron chi connectivity index (χ2n) is 10.6. The van der Waals surface area contributed by atoms with E-state index in [2.05, 4.69) is 85.8 Å². The summed E-state index contributed by atoms with van der Waals surface area (Å²) in [6.45, 7) is 11.7. The molecule has 8 nitrogen and oxygen atoms in total. The SMILES string of the molecule is Cc1cc(-c2[nH]c3ccc(C4CCN(Cc5ncn(C)n5)CC4)cc3c2C(C)C)cn2c(C)nnc12. The van der Waals surface area contributed by atoms with Gasteiger partial charge in [0.05, 0.1) is 12.2 Å². The van der Waals surface area contributed by atoms with E-state index in [-0.39, 0.29) is 0 Å². The van der Waals surface area contributed by atoms with Crippen molar-refractivity contribution < 1.29 is 0 Å². The highest BCUT2D eigenvalue weighted by molar-refractivity contribution is 5.92. The number of H-pyrrole nitrogens is 1. The Bertz CT molecular complexity index is 1540. The average molecular weight is 483 g/mol. The maximum Gasteiger partial charge on any atom is 0.164 e. The van der Waals surface area contributed by atoms with Crippen LogP contribution in [0.2, 0.25) is 0 Å². The molecule has 1 aromatic carbocycles. The number of nitrogens with zero attached hydrogens (tertiary/aromatic N) is 7. The van der Waals surface area contributed by atoms with E-state index in [1.165, 1.54) is 33.3 Å². The molecule has 1 aliphatic rings. The number of hydrogen-bond acceptors (Lipinski definition) is 5. The predicted octanol–water partition coefficient (Wildman–Crippen LogP) is 5.13. The zero-order valence-electron chi connectivity index (χ0n) is 21.8. The summed E-state index contributed by atoms with van der Waals surface area (Å²) in [6, 6.07) is 9.28. The van der Waals surface area contributed by atoms with Crippen molar-refractivity contribution in [2.24, 2.45) is 7.05 Å². The number of hydrogen-bond donors (Lipinski definition) is 1. The lowest BCUT2D eigenvalue weighted by Gasteiger charge is -2.31. The Balaban J connectivity index is 1.30. The lowest BCUT2D eigenvalue weighted by molar-refractivity contribution is 0.200. The van der Waals surface area contributed by atoms with Crippen molar-refractivity contribution in [1.82, 2.24) is 39.2 Å². The van der Waals surface area contributed by atoms with Crippen molar-refractivity contribution in [1.29, 1.82) is 0 Å². The second-order valence-corrected chi connectivity index (χ2v) is 10.6. The fourth-order valence-electron chi connectivity index (χ4n) is 5.80. The Labute approximate surface area is 211 Å². The number of fused-ring (bicyclic) bond motifs is 2. The molecule has 36 heavy (non-hydrogen) atoms. The first-order chi connectivity index (χ1) is 17.4.